The van der Waals surface area contributed by atoms with Crippen LogP contribution in [0.4, 0.5) is 4.79 Å². The number of urea groups is 1. The van der Waals surface area contributed by atoms with Gasteiger partial charge in [0.05, 0.1) is 17.1 Å². The van der Waals surface area contributed by atoms with E-state index in [-0.39, 0.29) is 23.4 Å². The molecule has 7 rings (SSSR count). The molecule has 4 aliphatic carbocycles. The second kappa shape index (κ2) is 8.47. The number of amides is 3. The van der Waals surface area contributed by atoms with Crippen LogP contribution in [0.2, 0.25) is 0 Å². The van der Waals surface area contributed by atoms with E-state index < -0.39 is 0 Å². The van der Waals surface area contributed by atoms with Gasteiger partial charge in [-0.2, -0.15) is 0 Å². The van der Waals surface area contributed by atoms with Crippen LogP contribution in [0.3, 0.4) is 0 Å². The Hall–Kier alpha value is -1.76. The molecule has 0 spiro atoms. The number of hydrogen-bond acceptors (Lipinski definition) is 4. The van der Waals surface area contributed by atoms with Gasteiger partial charge in [0.1, 0.15) is 0 Å². The Bertz CT molecular complexity index is 901. The van der Waals surface area contributed by atoms with Gasteiger partial charge in [-0.15, -0.1) is 11.8 Å². The first kappa shape index (κ1) is 21.8. The average Bonchev–Trinajstić information content (AvgIpc) is 3.32. The average molecular weight is 469 g/mol. The summed E-state index contributed by atoms with van der Waals surface area (Å²) >= 11 is 1.81. The van der Waals surface area contributed by atoms with Crippen molar-refractivity contribution in [2.75, 3.05) is 31.3 Å². The molecule has 4 saturated carbocycles. The van der Waals surface area contributed by atoms with Crippen molar-refractivity contribution in [3.8, 4) is 0 Å². The van der Waals surface area contributed by atoms with Gasteiger partial charge in [-0.25, -0.2) is 4.79 Å². The van der Waals surface area contributed by atoms with E-state index in [1.807, 2.05) is 40.6 Å². The van der Waals surface area contributed by atoms with Crippen LogP contribution in [0, 0.1) is 24.7 Å². The molecule has 178 valence electrons. The fourth-order valence-electron chi connectivity index (χ4n) is 7.74. The number of aromatic nitrogens is 1. The lowest BCUT2D eigenvalue weighted by Crippen LogP contribution is -2.62. The lowest BCUT2D eigenvalue weighted by Gasteiger charge is -2.57. The first-order chi connectivity index (χ1) is 16.0. The molecule has 6 fully saturated rings. The molecule has 4 bridgehead atoms. The minimum Gasteiger partial charge on any atom is -0.333 e. The van der Waals surface area contributed by atoms with E-state index in [0.717, 1.165) is 78.8 Å². The van der Waals surface area contributed by atoms with Gasteiger partial charge in [0.15, 0.2) is 0 Å². The number of carbonyl (C=O) groups is 2. The normalized spacial score (nSPS) is 33.5. The van der Waals surface area contributed by atoms with Gasteiger partial charge in [0.25, 0.3) is 5.91 Å². The van der Waals surface area contributed by atoms with Gasteiger partial charge < -0.3 is 15.1 Å². The fraction of sp³-hybridized carbons (Fsp3) is 0.731. The number of rotatable bonds is 3. The summed E-state index contributed by atoms with van der Waals surface area (Å²) in [6.07, 6.45) is 9.49. The van der Waals surface area contributed by atoms with Gasteiger partial charge in [0, 0.05) is 42.5 Å². The zero-order valence-corrected chi connectivity index (χ0v) is 20.5. The molecule has 33 heavy (non-hydrogen) atoms. The summed E-state index contributed by atoms with van der Waals surface area (Å²) in [6.45, 7) is 4.30. The van der Waals surface area contributed by atoms with Crippen LogP contribution >= 0.6 is 11.8 Å². The Morgan fingerprint density at radius 3 is 2.27 bits per heavy atom. The number of hydrogen-bond donors (Lipinski definition) is 1. The van der Waals surface area contributed by atoms with Gasteiger partial charge in [-0.1, -0.05) is 0 Å². The van der Waals surface area contributed by atoms with Crippen LogP contribution in [-0.4, -0.2) is 63.5 Å². The molecule has 0 unspecified atom stereocenters. The predicted octanol–water partition coefficient (Wildman–Crippen LogP) is 4.39. The number of aryl methyl sites for hydroxylation is 1. The van der Waals surface area contributed by atoms with E-state index in [2.05, 4.69) is 5.32 Å². The topological polar surface area (TPSA) is 65.5 Å². The number of pyridine rings is 1. The van der Waals surface area contributed by atoms with E-state index >= 15 is 0 Å². The van der Waals surface area contributed by atoms with E-state index in [0.29, 0.717) is 0 Å². The highest BCUT2D eigenvalue weighted by molar-refractivity contribution is 7.99. The van der Waals surface area contributed by atoms with Crippen molar-refractivity contribution in [2.45, 2.75) is 69.7 Å². The molecule has 0 radical (unpaired) electrons. The zero-order chi connectivity index (χ0) is 22.6. The van der Waals surface area contributed by atoms with E-state index in [9.17, 15) is 9.59 Å². The third-order valence-electron chi connectivity index (χ3n) is 8.91. The lowest BCUT2D eigenvalue weighted by atomic mass is 9.53. The highest BCUT2D eigenvalue weighted by Crippen LogP contribution is 2.55. The Kier molecular flexibility index (Phi) is 5.58. The summed E-state index contributed by atoms with van der Waals surface area (Å²) in [6, 6.07) is 4.06. The number of thioether (sulfide) groups is 1. The second-order valence-electron chi connectivity index (χ2n) is 11.4. The van der Waals surface area contributed by atoms with Crippen LogP contribution in [0.1, 0.15) is 79.0 Å². The van der Waals surface area contributed by atoms with Crippen molar-refractivity contribution in [3.05, 3.63) is 29.1 Å². The van der Waals surface area contributed by atoms with Crippen molar-refractivity contribution >= 4 is 23.7 Å². The summed E-state index contributed by atoms with van der Waals surface area (Å²) < 4.78 is 0. The zero-order valence-electron chi connectivity index (χ0n) is 19.7. The maximum Gasteiger partial charge on any atom is 0.317 e. The highest BCUT2D eigenvalue weighted by Gasteiger charge is 2.52. The first-order valence-corrected chi connectivity index (χ1v) is 14.1. The smallest absolute Gasteiger partial charge is 0.317 e. The minimum absolute atomic E-state index is 0.0636. The molecule has 0 atom stereocenters. The van der Waals surface area contributed by atoms with Gasteiger partial charge in [-0.3, -0.25) is 9.78 Å². The molecule has 6 aliphatic rings. The van der Waals surface area contributed by atoms with Crippen molar-refractivity contribution in [1.29, 1.82) is 0 Å². The van der Waals surface area contributed by atoms with Gasteiger partial charge in [0.2, 0.25) is 0 Å². The van der Waals surface area contributed by atoms with E-state index in [1.54, 1.807) is 0 Å². The number of nitrogens with zero attached hydrogens (tertiary/aromatic N) is 3. The van der Waals surface area contributed by atoms with Crippen LogP contribution in [0.5, 0.6) is 0 Å². The van der Waals surface area contributed by atoms with E-state index in [1.165, 1.54) is 38.5 Å². The lowest BCUT2D eigenvalue weighted by molar-refractivity contribution is -0.0160. The molecule has 0 aromatic carbocycles. The largest absolute Gasteiger partial charge is 0.333 e. The third-order valence-corrected chi connectivity index (χ3v) is 9.88. The van der Waals surface area contributed by atoms with Crippen LogP contribution in [0.25, 0.3) is 0 Å². The standard InChI is InChI=1S/C26H36N4O2S/c1-17-2-3-22(24(31)30-8-9-33-16-30)23(27-17)21-4-6-29(7-5-21)25(32)28-26-13-18-10-19(14-26)12-20(11-18)15-26/h2-3,18-21H,4-16H2,1H3,(H,28,32). The SMILES string of the molecule is Cc1ccc(C(=O)N2CCSC2)c(C2CCN(C(=O)NC34CC5CC(CC(C5)C3)C4)CC2)n1. The molecule has 7 heteroatoms. The summed E-state index contributed by atoms with van der Waals surface area (Å²) in [5, 5.41) is 3.53. The van der Waals surface area contributed by atoms with Crippen molar-refractivity contribution in [2.24, 2.45) is 17.8 Å². The Balaban J connectivity index is 1.11. The summed E-state index contributed by atoms with van der Waals surface area (Å²) in [7, 11) is 0. The van der Waals surface area contributed by atoms with Gasteiger partial charge >= 0.3 is 6.03 Å². The summed E-state index contributed by atoms with van der Waals surface area (Å²) in [5.74, 6) is 4.64. The van der Waals surface area contributed by atoms with Gasteiger partial charge in [-0.05, 0) is 88.2 Å². The molecule has 1 aromatic rings. The molecule has 2 aliphatic heterocycles. The van der Waals surface area contributed by atoms with Crippen LogP contribution in [-0.2, 0) is 0 Å². The minimum atomic E-state index is 0.0636. The van der Waals surface area contributed by atoms with Crippen molar-refractivity contribution in [3.63, 3.8) is 0 Å². The van der Waals surface area contributed by atoms with E-state index in [4.69, 9.17) is 4.98 Å². The van der Waals surface area contributed by atoms with Crippen LogP contribution < -0.4 is 5.32 Å². The summed E-state index contributed by atoms with van der Waals surface area (Å²) in [5.41, 5.74) is 2.73. The fourth-order valence-corrected chi connectivity index (χ4v) is 8.68. The number of piperidine rings is 1. The number of likely N-dealkylation sites (tertiary alicyclic amines) is 1. The summed E-state index contributed by atoms with van der Waals surface area (Å²) in [4.78, 5) is 35.2. The number of nitrogens with one attached hydrogen (secondary N) is 1. The molecule has 1 N–H and O–H groups in total. The molecule has 2 saturated heterocycles. The Morgan fingerprint density at radius 1 is 1.00 bits per heavy atom. The monoisotopic (exact) mass is 468 g/mol. The molecular formula is C26H36N4O2S. The maximum atomic E-state index is 13.3. The molecule has 3 heterocycles. The Morgan fingerprint density at radius 2 is 1.67 bits per heavy atom. The molecule has 3 amide bonds. The third kappa shape index (κ3) is 4.15. The van der Waals surface area contributed by atoms with Crippen LogP contribution in [0.15, 0.2) is 12.1 Å². The predicted molar refractivity (Wildman–Crippen MR) is 130 cm³/mol. The second-order valence-corrected chi connectivity index (χ2v) is 12.5. The molecular weight excluding hydrogens is 432 g/mol. The highest BCUT2D eigenvalue weighted by atomic mass is 32.2. The van der Waals surface area contributed by atoms with Crippen molar-refractivity contribution in [1.82, 2.24) is 20.1 Å². The maximum absolute atomic E-state index is 13.3. The Labute approximate surface area is 201 Å². The molecule has 6 nitrogen and oxygen atoms in total. The molecule has 1 aromatic heterocycles. The number of carbonyl (C=O) groups excluding carboxylic acids is 2. The first-order valence-electron chi connectivity index (χ1n) is 12.9. The quantitative estimate of drug-likeness (QED) is 0.714. The van der Waals surface area contributed by atoms with Crippen molar-refractivity contribution < 1.29 is 9.59 Å².